The van der Waals surface area contributed by atoms with Crippen LogP contribution in [0.15, 0.2) is 102 Å². The highest BCUT2D eigenvalue weighted by Crippen LogP contribution is 2.48. The summed E-state index contributed by atoms with van der Waals surface area (Å²) >= 11 is 7.18. The molecule has 0 spiro atoms. The van der Waals surface area contributed by atoms with E-state index in [9.17, 15) is 5.11 Å². The second-order valence-corrected chi connectivity index (χ2v) is 11.1. The van der Waals surface area contributed by atoms with Gasteiger partial charge in [-0.1, -0.05) is 98.6 Å². The highest BCUT2D eigenvalue weighted by atomic mass is 79.9. The van der Waals surface area contributed by atoms with Gasteiger partial charge in [-0.3, -0.25) is 0 Å². The van der Waals surface area contributed by atoms with E-state index in [2.05, 4.69) is 86.5 Å². The fourth-order valence-electron chi connectivity index (χ4n) is 5.28. The van der Waals surface area contributed by atoms with Crippen molar-refractivity contribution in [2.24, 2.45) is 0 Å². The molecule has 0 amide bonds. The van der Waals surface area contributed by atoms with Crippen LogP contribution < -0.4 is 4.74 Å². The van der Waals surface area contributed by atoms with E-state index in [0.29, 0.717) is 12.3 Å². The van der Waals surface area contributed by atoms with E-state index in [1.54, 1.807) is 7.11 Å². The minimum Gasteiger partial charge on any atom is -0.481 e. The first-order chi connectivity index (χ1) is 18.0. The number of benzene rings is 4. The Balaban J connectivity index is 1.78. The highest BCUT2D eigenvalue weighted by Gasteiger charge is 2.42. The molecule has 5 aromatic rings. The number of aliphatic hydroxyl groups is 1. The zero-order valence-electron chi connectivity index (χ0n) is 20.7. The van der Waals surface area contributed by atoms with E-state index in [0.717, 1.165) is 61.0 Å². The van der Waals surface area contributed by atoms with Crippen LogP contribution in [-0.4, -0.2) is 22.5 Å². The molecule has 37 heavy (non-hydrogen) atoms. The normalized spacial score (nSPS) is 13.9. The minimum atomic E-state index is -1.19. The number of hydrogen-bond acceptors (Lipinski definition) is 3. The van der Waals surface area contributed by atoms with Gasteiger partial charge in [0.2, 0.25) is 5.88 Å². The Morgan fingerprint density at radius 1 is 0.838 bits per heavy atom. The van der Waals surface area contributed by atoms with Gasteiger partial charge in [0, 0.05) is 26.7 Å². The smallest absolute Gasteiger partial charge is 0.217 e. The van der Waals surface area contributed by atoms with E-state index in [4.69, 9.17) is 9.72 Å². The molecule has 5 rings (SSSR count). The van der Waals surface area contributed by atoms with E-state index in [1.165, 1.54) is 0 Å². The van der Waals surface area contributed by atoms with Gasteiger partial charge in [-0.05, 0) is 71.5 Å². The first kappa shape index (κ1) is 25.9. The van der Waals surface area contributed by atoms with Crippen LogP contribution >= 0.6 is 31.9 Å². The Hall–Kier alpha value is -2.73. The van der Waals surface area contributed by atoms with Crippen molar-refractivity contribution < 1.29 is 9.84 Å². The Bertz CT molecular complexity index is 1520. The topological polar surface area (TPSA) is 42.4 Å². The SMILES string of the molecule is COc1nc2ccc(Br)cc2cc1C(c1ccccc1)C(O)(CCCCBr)c1ccc2ccccc2c1. The van der Waals surface area contributed by atoms with Crippen LogP contribution in [0.25, 0.3) is 21.7 Å². The van der Waals surface area contributed by atoms with Crippen LogP contribution in [-0.2, 0) is 5.60 Å². The van der Waals surface area contributed by atoms with E-state index in [1.807, 2.05) is 42.5 Å². The number of pyridine rings is 1. The van der Waals surface area contributed by atoms with Crippen LogP contribution in [0.1, 0.15) is 41.9 Å². The summed E-state index contributed by atoms with van der Waals surface area (Å²) < 4.78 is 6.85. The molecular formula is C32H29Br2NO2. The summed E-state index contributed by atoms with van der Waals surface area (Å²) in [5.74, 6) is 0.138. The number of unbranched alkanes of at least 4 members (excludes halogenated alkanes) is 1. The van der Waals surface area contributed by atoms with Crippen molar-refractivity contribution in [1.82, 2.24) is 4.98 Å². The molecule has 1 heterocycles. The zero-order valence-corrected chi connectivity index (χ0v) is 23.9. The fourth-order valence-corrected chi connectivity index (χ4v) is 6.05. The number of nitrogens with zero attached hydrogens (tertiary/aromatic N) is 1. The molecule has 2 unspecified atom stereocenters. The average molecular weight is 619 g/mol. The molecule has 0 fully saturated rings. The molecule has 188 valence electrons. The summed E-state index contributed by atoms with van der Waals surface area (Å²) in [6.45, 7) is 0. The summed E-state index contributed by atoms with van der Waals surface area (Å²) in [7, 11) is 1.65. The van der Waals surface area contributed by atoms with Crippen LogP contribution in [0, 0.1) is 0 Å². The van der Waals surface area contributed by atoms with E-state index >= 15 is 0 Å². The lowest BCUT2D eigenvalue weighted by Gasteiger charge is -2.38. The molecule has 0 aliphatic carbocycles. The standard InChI is InChI=1S/C32H29Br2NO2/c1-37-31-28(21-25-20-27(34)15-16-29(25)35-31)30(23-10-3-2-4-11-23)32(36,17-7-8-18-33)26-14-13-22-9-5-6-12-24(22)19-26/h2-6,9-16,19-21,30,36H,7-8,17-18H2,1H3. The maximum absolute atomic E-state index is 12.9. The number of hydrogen-bond donors (Lipinski definition) is 1. The first-order valence-electron chi connectivity index (χ1n) is 12.5. The van der Waals surface area contributed by atoms with Crippen LogP contribution in [0.5, 0.6) is 5.88 Å². The second-order valence-electron chi connectivity index (χ2n) is 9.40. The number of fused-ring (bicyclic) bond motifs is 2. The molecule has 0 aliphatic rings. The number of halogens is 2. The van der Waals surface area contributed by atoms with Crippen molar-refractivity contribution in [2.75, 3.05) is 12.4 Å². The average Bonchev–Trinajstić information content (AvgIpc) is 2.93. The molecule has 0 bridgehead atoms. The molecule has 1 N–H and O–H groups in total. The van der Waals surface area contributed by atoms with Crippen molar-refractivity contribution in [1.29, 1.82) is 0 Å². The van der Waals surface area contributed by atoms with Gasteiger partial charge in [0.15, 0.2) is 0 Å². The summed E-state index contributed by atoms with van der Waals surface area (Å²) in [5, 5.41) is 17.0. The fraction of sp³-hybridized carbons (Fsp3) is 0.219. The lowest BCUT2D eigenvalue weighted by atomic mass is 9.71. The monoisotopic (exact) mass is 617 g/mol. The Morgan fingerprint density at radius 3 is 2.35 bits per heavy atom. The molecule has 1 aromatic heterocycles. The van der Waals surface area contributed by atoms with Crippen LogP contribution in [0.3, 0.4) is 0 Å². The minimum absolute atomic E-state index is 0.393. The van der Waals surface area contributed by atoms with Crippen LogP contribution in [0.2, 0.25) is 0 Å². The maximum Gasteiger partial charge on any atom is 0.217 e. The molecule has 2 atom stereocenters. The molecule has 0 saturated heterocycles. The maximum atomic E-state index is 12.9. The van der Waals surface area contributed by atoms with Gasteiger partial charge in [-0.25, -0.2) is 4.98 Å². The molecule has 3 nitrogen and oxygen atoms in total. The molecular weight excluding hydrogens is 590 g/mol. The Kier molecular flexibility index (Phi) is 7.94. The van der Waals surface area contributed by atoms with E-state index in [-0.39, 0.29) is 0 Å². The van der Waals surface area contributed by atoms with Gasteiger partial charge in [-0.15, -0.1) is 0 Å². The molecule has 0 radical (unpaired) electrons. The Labute approximate surface area is 234 Å². The Morgan fingerprint density at radius 2 is 1.59 bits per heavy atom. The van der Waals surface area contributed by atoms with E-state index < -0.39 is 11.5 Å². The molecule has 4 aromatic carbocycles. The van der Waals surface area contributed by atoms with Crippen molar-refractivity contribution in [3.05, 3.63) is 118 Å². The van der Waals surface area contributed by atoms with Crippen LogP contribution in [0.4, 0.5) is 0 Å². The highest BCUT2D eigenvalue weighted by molar-refractivity contribution is 9.10. The third-order valence-electron chi connectivity index (χ3n) is 7.08. The third-order valence-corrected chi connectivity index (χ3v) is 8.13. The second kappa shape index (κ2) is 11.3. The summed E-state index contributed by atoms with van der Waals surface area (Å²) in [5.41, 5.74) is 2.44. The molecule has 5 heteroatoms. The van der Waals surface area contributed by atoms with Gasteiger partial charge in [0.05, 0.1) is 12.6 Å². The zero-order chi connectivity index (χ0) is 25.8. The predicted molar refractivity (Wildman–Crippen MR) is 160 cm³/mol. The largest absolute Gasteiger partial charge is 0.481 e. The summed E-state index contributed by atoms with van der Waals surface area (Å²) in [6, 6.07) is 33.0. The molecule has 0 aliphatic heterocycles. The first-order valence-corrected chi connectivity index (χ1v) is 14.4. The number of methoxy groups -OCH3 is 1. The lowest BCUT2D eigenvalue weighted by Crippen LogP contribution is -2.35. The third kappa shape index (κ3) is 5.31. The summed E-state index contributed by atoms with van der Waals surface area (Å²) in [6.07, 6.45) is 2.43. The predicted octanol–water partition coefficient (Wildman–Crippen LogP) is 8.74. The van der Waals surface area contributed by atoms with Crippen molar-refractivity contribution >= 4 is 53.5 Å². The van der Waals surface area contributed by atoms with Crippen molar-refractivity contribution in [2.45, 2.75) is 30.8 Å². The van der Waals surface area contributed by atoms with Gasteiger partial charge in [0.1, 0.15) is 5.60 Å². The molecule has 0 saturated carbocycles. The number of alkyl halides is 1. The van der Waals surface area contributed by atoms with Gasteiger partial charge in [-0.2, -0.15) is 0 Å². The lowest BCUT2D eigenvalue weighted by molar-refractivity contribution is 0.00765. The van der Waals surface area contributed by atoms with Crippen molar-refractivity contribution in [3.8, 4) is 5.88 Å². The quantitative estimate of drug-likeness (QED) is 0.133. The van der Waals surface area contributed by atoms with Gasteiger partial charge < -0.3 is 9.84 Å². The van der Waals surface area contributed by atoms with Gasteiger partial charge >= 0.3 is 0 Å². The number of rotatable bonds is 9. The summed E-state index contributed by atoms with van der Waals surface area (Å²) in [4.78, 5) is 4.87. The number of aromatic nitrogens is 1. The van der Waals surface area contributed by atoms with Gasteiger partial charge in [0.25, 0.3) is 0 Å². The van der Waals surface area contributed by atoms with Crippen molar-refractivity contribution in [3.63, 3.8) is 0 Å². The number of ether oxygens (including phenoxy) is 1.